The number of nitrogens with one attached hydrogen (secondary N) is 1. The Morgan fingerprint density at radius 2 is 2.28 bits per heavy atom. The van der Waals surface area contributed by atoms with Crippen LogP contribution < -0.4 is 5.32 Å². The molecule has 1 aliphatic heterocycles. The van der Waals surface area contributed by atoms with Crippen LogP contribution in [0.4, 0.5) is 5.82 Å². The van der Waals surface area contributed by atoms with Gasteiger partial charge >= 0.3 is 0 Å². The second kappa shape index (κ2) is 7.32. The van der Waals surface area contributed by atoms with Crippen LogP contribution in [0.1, 0.15) is 23.8 Å². The predicted octanol–water partition coefficient (Wildman–Crippen LogP) is 0.565. The first-order chi connectivity index (χ1) is 11.9. The Morgan fingerprint density at radius 1 is 1.48 bits per heavy atom. The monoisotopic (exact) mass is 347 g/mol. The largest absolute Gasteiger partial charge is 0.340 e. The van der Waals surface area contributed by atoms with Crippen LogP contribution in [0.15, 0.2) is 10.6 Å². The van der Waals surface area contributed by atoms with Crippen molar-refractivity contribution in [2.45, 2.75) is 32.9 Å². The van der Waals surface area contributed by atoms with Crippen molar-refractivity contribution in [3.05, 3.63) is 23.5 Å². The molecule has 1 fully saturated rings. The zero-order valence-electron chi connectivity index (χ0n) is 15.2. The molecule has 0 aromatic carbocycles. The Morgan fingerprint density at radius 3 is 2.92 bits per heavy atom. The minimum absolute atomic E-state index is 0.0138. The molecule has 3 rings (SSSR count). The van der Waals surface area contributed by atoms with Crippen molar-refractivity contribution in [2.75, 3.05) is 32.0 Å². The number of aryl methyl sites for hydroxylation is 3. The van der Waals surface area contributed by atoms with Crippen LogP contribution in [0.5, 0.6) is 0 Å². The van der Waals surface area contributed by atoms with E-state index in [0.29, 0.717) is 30.8 Å². The molecule has 0 spiro atoms. The highest BCUT2D eigenvalue weighted by Crippen LogP contribution is 2.16. The van der Waals surface area contributed by atoms with E-state index in [2.05, 4.69) is 37.4 Å². The Bertz CT molecular complexity index is 739. The van der Waals surface area contributed by atoms with E-state index < -0.39 is 0 Å². The highest BCUT2D eigenvalue weighted by atomic mass is 16.5. The third-order valence-corrected chi connectivity index (χ3v) is 4.47. The van der Waals surface area contributed by atoms with E-state index in [1.54, 1.807) is 11.6 Å². The summed E-state index contributed by atoms with van der Waals surface area (Å²) in [4.78, 5) is 20.9. The van der Waals surface area contributed by atoms with Gasteiger partial charge in [-0.1, -0.05) is 5.16 Å². The number of rotatable bonds is 6. The third kappa shape index (κ3) is 4.43. The summed E-state index contributed by atoms with van der Waals surface area (Å²) in [5, 5.41) is 11.1. The Kier molecular flexibility index (Phi) is 5.14. The molecule has 136 valence electrons. The normalized spacial score (nSPS) is 18.2. The highest BCUT2D eigenvalue weighted by molar-refractivity contribution is 5.91. The Labute approximate surface area is 147 Å². The van der Waals surface area contributed by atoms with Gasteiger partial charge in [-0.3, -0.25) is 19.3 Å². The molecule has 9 nitrogen and oxygen atoms in total. The molecule has 25 heavy (non-hydrogen) atoms. The number of aromatic nitrogens is 4. The van der Waals surface area contributed by atoms with Crippen molar-refractivity contribution in [1.29, 1.82) is 0 Å². The van der Waals surface area contributed by atoms with Crippen molar-refractivity contribution in [3.8, 4) is 0 Å². The molecule has 0 bridgehead atoms. The molecule has 3 heterocycles. The predicted molar refractivity (Wildman–Crippen MR) is 91.9 cm³/mol. The van der Waals surface area contributed by atoms with Gasteiger partial charge in [0.2, 0.25) is 11.8 Å². The van der Waals surface area contributed by atoms with E-state index in [1.807, 2.05) is 20.0 Å². The molecule has 1 N–H and O–H groups in total. The molecule has 1 saturated heterocycles. The molecule has 1 atom stereocenters. The van der Waals surface area contributed by atoms with Gasteiger partial charge < -0.3 is 9.84 Å². The molecule has 0 radical (unpaired) electrons. The quantitative estimate of drug-likeness (QED) is 0.816. The average Bonchev–Trinajstić information content (AvgIpc) is 3.22. The maximum atomic E-state index is 12.3. The molecule has 1 amide bonds. The van der Waals surface area contributed by atoms with Crippen molar-refractivity contribution >= 4 is 11.7 Å². The van der Waals surface area contributed by atoms with Crippen molar-refractivity contribution in [2.24, 2.45) is 7.05 Å². The number of amides is 1. The van der Waals surface area contributed by atoms with Crippen LogP contribution >= 0.6 is 0 Å². The average molecular weight is 347 g/mol. The van der Waals surface area contributed by atoms with Gasteiger partial charge in [-0.25, -0.2) is 0 Å². The van der Waals surface area contributed by atoms with Gasteiger partial charge in [-0.05, 0) is 20.4 Å². The molecular weight excluding hydrogens is 322 g/mol. The molecule has 9 heteroatoms. The summed E-state index contributed by atoms with van der Waals surface area (Å²) >= 11 is 0. The summed E-state index contributed by atoms with van der Waals surface area (Å²) < 4.78 is 6.69. The summed E-state index contributed by atoms with van der Waals surface area (Å²) in [6.45, 7) is 6.48. The first kappa shape index (κ1) is 17.6. The molecule has 2 aromatic heterocycles. The van der Waals surface area contributed by atoms with Crippen molar-refractivity contribution < 1.29 is 9.32 Å². The molecule has 0 unspecified atom stereocenters. The van der Waals surface area contributed by atoms with Crippen LogP contribution in [-0.4, -0.2) is 68.4 Å². The van der Waals surface area contributed by atoms with Gasteiger partial charge in [0.1, 0.15) is 5.82 Å². The van der Waals surface area contributed by atoms with Crippen LogP contribution in [0.25, 0.3) is 0 Å². The number of carbonyl (C=O) groups is 1. The molecule has 0 aliphatic carbocycles. The topological polar surface area (TPSA) is 92.3 Å². The number of carbonyl (C=O) groups excluding carboxylic acids is 1. The molecular formula is C16H25N7O2. The van der Waals surface area contributed by atoms with Gasteiger partial charge in [-0.2, -0.15) is 10.1 Å². The highest BCUT2D eigenvalue weighted by Gasteiger charge is 2.27. The Balaban J connectivity index is 1.47. The van der Waals surface area contributed by atoms with Crippen LogP contribution in [0.3, 0.4) is 0 Å². The van der Waals surface area contributed by atoms with Gasteiger partial charge in [-0.15, -0.1) is 0 Å². The van der Waals surface area contributed by atoms with Crippen LogP contribution in [0.2, 0.25) is 0 Å². The summed E-state index contributed by atoms with van der Waals surface area (Å²) in [7, 11) is 3.88. The second-order valence-electron chi connectivity index (χ2n) is 6.67. The standard InChI is InChI=1S/C16H25N7O2/c1-11-7-15(22(4)19-11)18-16(24)10-23-6-5-13(8-23)21(3)9-14-17-12(2)25-20-14/h7,13H,5-6,8-10H2,1-4H3,(H,18,24)/t13-/m1/s1. The third-order valence-electron chi connectivity index (χ3n) is 4.47. The fraction of sp³-hybridized carbons (Fsp3) is 0.625. The lowest BCUT2D eigenvalue weighted by molar-refractivity contribution is -0.117. The van der Waals surface area contributed by atoms with E-state index in [4.69, 9.17) is 4.52 Å². The van der Waals surface area contributed by atoms with Crippen molar-refractivity contribution in [1.82, 2.24) is 29.7 Å². The minimum atomic E-state index is -0.0138. The van der Waals surface area contributed by atoms with Crippen LogP contribution in [-0.2, 0) is 18.4 Å². The molecule has 1 aliphatic rings. The van der Waals surface area contributed by atoms with Crippen LogP contribution in [0, 0.1) is 13.8 Å². The number of hydrogen-bond acceptors (Lipinski definition) is 7. The summed E-state index contributed by atoms with van der Waals surface area (Å²) in [5.74, 6) is 1.99. The first-order valence-electron chi connectivity index (χ1n) is 8.43. The summed E-state index contributed by atoms with van der Waals surface area (Å²) in [5.41, 5.74) is 0.886. The number of likely N-dealkylation sites (tertiary alicyclic amines) is 1. The van der Waals surface area contributed by atoms with E-state index in [0.717, 1.165) is 31.0 Å². The first-order valence-corrected chi connectivity index (χ1v) is 8.43. The number of hydrogen-bond donors (Lipinski definition) is 1. The zero-order chi connectivity index (χ0) is 18.0. The maximum absolute atomic E-state index is 12.3. The van der Waals surface area contributed by atoms with E-state index in [1.165, 1.54) is 0 Å². The number of likely N-dealkylation sites (N-methyl/N-ethyl adjacent to an activating group) is 1. The van der Waals surface area contributed by atoms with Gasteiger partial charge in [0.25, 0.3) is 0 Å². The van der Waals surface area contributed by atoms with Crippen molar-refractivity contribution in [3.63, 3.8) is 0 Å². The van der Waals surface area contributed by atoms with Gasteiger partial charge in [0, 0.05) is 39.2 Å². The Hall–Kier alpha value is -2.26. The summed E-state index contributed by atoms with van der Waals surface area (Å²) in [6.07, 6.45) is 1.02. The summed E-state index contributed by atoms with van der Waals surface area (Å²) in [6, 6.07) is 2.25. The van der Waals surface area contributed by atoms with E-state index in [-0.39, 0.29) is 5.91 Å². The second-order valence-corrected chi connectivity index (χ2v) is 6.67. The van der Waals surface area contributed by atoms with E-state index in [9.17, 15) is 4.79 Å². The molecule has 0 saturated carbocycles. The zero-order valence-corrected chi connectivity index (χ0v) is 15.2. The smallest absolute Gasteiger partial charge is 0.239 e. The number of anilines is 1. The minimum Gasteiger partial charge on any atom is -0.340 e. The van der Waals surface area contributed by atoms with Gasteiger partial charge in [0.15, 0.2) is 5.82 Å². The lowest BCUT2D eigenvalue weighted by Crippen LogP contribution is -2.37. The molecule has 2 aromatic rings. The fourth-order valence-electron chi connectivity index (χ4n) is 3.19. The lowest BCUT2D eigenvalue weighted by Gasteiger charge is -2.23. The number of nitrogens with zero attached hydrogens (tertiary/aromatic N) is 6. The van der Waals surface area contributed by atoms with Gasteiger partial charge in [0.05, 0.1) is 18.8 Å². The maximum Gasteiger partial charge on any atom is 0.239 e. The lowest BCUT2D eigenvalue weighted by atomic mass is 10.2. The van der Waals surface area contributed by atoms with E-state index >= 15 is 0 Å². The fourth-order valence-corrected chi connectivity index (χ4v) is 3.19. The SMILES string of the molecule is Cc1cc(NC(=O)CN2CC[C@@H](N(C)Cc3noc(C)n3)C2)n(C)n1.